The lowest BCUT2D eigenvalue weighted by Crippen LogP contribution is -2.35. The highest BCUT2D eigenvalue weighted by Gasteiger charge is 2.39. The van der Waals surface area contributed by atoms with Gasteiger partial charge in [0.2, 0.25) is 0 Å². The van der Waals surface area contributed by atoms with Crippen LogP contribution in [0, 0.1) is 58.2 Å². The Labute approximate surface area is 225 Å². The van der Waals surface area contributed by atoms with Crippen LogP contribution in [0.25, 0.3) is 33.3 Å². The molecule has 1 atom stereocenters. The van der Waals surface area contributed by atoms with Crippen LogP contribution in [-0.2, 0) is 4.79 Å². The second kappa shape index (κ2) is 10.6. The van der Waals surface area contributed by atoms with Gasteiger partial charge in [0.25, 0.3) is 0 Å². The minimum atomic E-state index is -1.25. The fourth-order valence-electron chi connectivity index (χ4n) is 5.84. The fraction of sp³-hybridized carbons (Fsp3) is 0.276. The predicted octanol–water partition coefficient (Wildman–Crippen LogP) is 6.94. The fourth-order valence-corrected chi connectivity index (χ4v) is 5.84. The van der Waals surface area contributed by atoms with Crippen LogP contribution in [0.1, 0.15) is 37.7 Å². The summed E-state index contributed by atoms with van der Waals surface area (Å²) in [6.45, 7) is 0. The molecule has 7 rings (SSSR count). The number of aromatic nitrogens is 2. The summed E-state index contributed by atoms with van der Waals surface area (Å²) in [4.78, 5) is 17.2. The summed E-state index contributed by atoms with van der Waals surface area (Å²) in [5.41, 5.74) is 4.61. The van der Waals surface area contributed by atoms with Crippen LogP contribution in [0.2, 0.25) is 0 Å². The van der Waals surface area contributed by atoms with Gasteiger partial charge in [0.05, 0.1) is 22.7 Å². The van der Waals surface area contributed by atoms with Crippen LogP contribution < -0.4 is 5.73 Å². The van der Waals surface area contributed by atoms with E-state index in [0.29, 0.717) is 18.1 Å². The third-order valence-corrected chi connectivity index (χ3v) is 7.81. The first-order valence-corrected chi connectivity index (χ1v) is 12.6. The van der Waals surface area contributed by atoms with E-state index in [-0.39, 0.29) is 39.2 Å². The molecule has 3 saturated carbocycles. The van der Waals surface area contributed by atoms with Crippen molar-refractivity contribution in [2.24, 2.45) is 17.8 Å². The SMILES string of the molecule is N#Cc1c(-c2c[nH]c3c(F)cc(F)cc23)nc(N)c(F)c1-c1ccc(F)c(F)c1.O=C(O)C1CC2CCC1CC2. The zero-order valence-electron chi connectivity index (χ0n) is 20.9. The molecule has 0 aliphatic heterocycles. The minimum absolute atomic E-state index is 0.00231. The number of hydrogen-bond donors (Lipinski definition) is 3. The number of aromatic amines is 1. The van der Waals surface area contributed by atoms with E-state index in [1.807, 2.05) is 0 Å². The maximum atomic E-state index is 14.7. The Morgan fingerprint density at radius 2 is 1.75 bits per heavy atom. The van der Waals surface area contributed by atoms with Gasteiger partial charge in [-0.3, -0.25) is 4.79 Å². The third kappa shape index (κ3) is 4.85. The van der Waals surface area contributed by atoms with Crippen LogP contribution in [-0.4, -0.2) is 21.0 Å². The summed E-state index contributed by atoms with van der Waals surface area (Å²) in [5, 5.41) is 18.6. The number of rotatable bonds is 3. The lowest BCUT2D eigenvalue weighted by Gasteiger charge is -2.40. The van der Waals surface area contributed by atoms with Gasteiger partial charge in [-0.2, -0.15) is 5.26 Å². The summed E-state index contributed by atoms with van der Waals surface area (Å²) in [7, 11) is 0. The number of nitrogens with one attached hydrogen (secondary N) is 1. The molecule has 4 N–H and O–H groups in total. The van der Waals surface area contributed by atoms with Crippen molar-refractivity contribution in [1.29, 1.82) is 5.26 Å². The molecule has 2 heterocycles. The van der Waals surface area contributed by atoms with E-state index in [4.69, 9.17) is 10.8 Å². The molecule has 11 heteroatoms. The Morgan fingerprint density at radius 3 is 2.33 bits per heavy atom. The number of pyridine rings is 1. The maximum absolute atomic E-state index is 14.7. The molecular weight excluding hydrogens is 531 g/mol. The highest BCUT2D eigenvalue weighted by molar-refractivity contribution is 5.98. The molecule has 4 aromatic rings. The molecule has 2 bridgehead atoms. The first-order chi connectivity index (χ1) is 19.1. The predicted molar refractivity (Wildman–Crippen MR) is 137 cm³/mol. The first kappa shape index (κ1) is 27.1. The standard InChI is InChI=1S/C20H9F5N4.C9H14O2/c21-9-4-10-12(7-28-19(10)15(24)5-9)18-11(6-26)16(17(25)20(27)29-18)8-1-2-13(22)14(23)3-8;10-9(11)8-5-6-1-3-7(8)4-2-6/h1-5,7,28H,(H2,27,29);6-8H,1-5H2,(H,10,11). The number of fused-ring (bicyclic) bond motifs is 4. The highest BCUT2D eigenvalue weighted by Crippen LogP contribution is 2.45. The molecule has 0 amide bonds. The van der Waals surface area contributed by atoms with Gasteiger partial charge in [0.15, 0.2) is 23.3 Å². The van der Waals surface area contributed by atoms with E-state index >= 15 is 0 Å². The molecule has 6 nitrogen and oxygen atoms in total. The second-order valence-corrected chi connectivity index (χ2v) is 10.1. The van der Waals surface area contributed by atoms with Crippen molar-refractivity contribution >= 4 is 22.7 Å². The van der Waals surface area contributed by atoms with E-state index in [1.165, 1.54) is 31.9 Å². The summed E-state index contributed by atoms with van der Waals surface area (Å²) in [6.07, 6.45) is 7.13. The van der Waals surface area contributed by atoms with Gasteiger partial charge in [-0.15, -0.1) is 0 Å². The molecule has 1 unspecified atom stereocenters. The molecule has 3 fully saturated rings. The molecule has 0 saturated heterocycles. The van der Waals surface area contributed by atoms with E-state index in [1.54, 1.807) is 6.07 Å². The Hall–Kier alpha value is -4.46. The number of hydrogen-bond acceptors (Lipinski definition) is 4. The van der Waals surface area contributed by atoms with Crippen LogP contribution in [0.3, 0.4) is 0 Å². The molecular formula is C29H23F5N4O2. The van der Waals surface area contributed by atoms with Crippen LogP contribution in [0.4, 0.5) is 27.8 Å². The summed E-state index contributed by atoms with van der Waals surface area (Å²) < 4.78 is 69.5. The number of benzene rings is 2. The lowest BCUT2D eigenvalue weighted by molar-refractivity contribution is -0.147. The first-order valence-electron chi connectivity index (χ1n) is 12.6. The molecule has 2 aromatic carbocycles. The molecule has 3 aliphatic carbocycles. The number of nitriles is 1. The van der Waals surface area contributed by atoms with Crippen molar-refractivity contribution in [1.82, 2.24) is 9.97 Å². The zero-order valence-corrected chi connectivity index (χ0v) is 20.9. The number of carboxylic acids is 1. The largest absolute Gasteiger partial charge is 0.481 e. The zero-order chi connectivity index (χ0) is 28.7. The number of nitrogen functional groups attached to an aromatic ring is 1. The monoisotopic (exact) mass is 554 g/mol. The summed E-state index contributed by atoms with van der Waals surface area (Å²) in [6, 6.07) is 6.03. The lowest BCUT2D eigenvalue weighted by atomic mass is 9.65. The average molecular weight is 555 g/mol. The van der Waals surface area contributed by atoms with Crippen LogP contribution >= 0.6 is 0 Å². The van der Waals surface area contributed by atoms with E-state index in [2.05, 4.69) is 9.97 Å². The van der Waals surface area contributed by atoms with Crippen LogP contribution in [0.15, 0.2) is 36.5 Å². The molecule has 0 radical (unpaired) electrons. The summed E-state index contributed by atoms with van der Waals surface area (Å²) >= 11 is 0. The number of carboxylic acid groups (broad SMARTS) is 1. The van der Waals surface area contributed by atoms with Crippen molar-refractivity contribution in [2.45, 2.75) is 32.1 Å². The Balaban J connectivity index is 0.000000244. The van der Waals surface area contributed by atoms with Gasteiger partial charge >= 0.3 is 5.97 Å². The topological polar surface area (TPSA) is 116 Å². The minimum Gasteiger partial charge on any atom is -0.481 e. The number of aliphatic carboxylic acids is 1. The number of nitrogens with two attached hydrogens (primary N) is 1. The smallest absolute Gasteiger partial charge is 0.306 e. The second-order valence-electron chi connectivity index (χ2n) is 10.1. The molecule has 3 aliphatic rings. The number of H-pyrrole nitrogens is 1. The molecule has 0 spiro atoms. The third-order valence-electron chi connectivity index (χ3n) is 7.81. The van der Waals surface area contributed by atoms with Crippen LogP contribution in [0.5, 0.6) is 0 Å². The number of anilines is 1. The van der Waals surface area contributed by atoms with Crippen molar-refractivity contribution in [3.8, 4) is 28.5 Å². The Morgan fingerprint density at radius 1 is 1.02 bits per heavy atom. The van der Waals surface area contributed by atoms with Gasteiger partial charge in [-0.05, 0) is 54.9 Å². The molecule has 40 heavy (non-hydrogen) atoms. The van der Waals surface area contributed by atoms with Crippen molar-refractivity contribution in [3.05, 3.63) is 71.2 Å². The Kier molecular flexibility index (Phi) is 7.19. The highest BCUT2D eigenvalue weighted by atomic mass is 19.2. The van der Waals surface area contributed by atoms with Crippen molar-refractivity contribution in [3.63, 3.8) is 0 Å². The van der Waals surface area contributed by atoms with Gasteiger partial charge in [0.1, 0.15) is 17.7 Å². The number of nitrogens with zero attached hydrogens (tertiary/aromatic N) is 2. The van der Waals surface area contributed by atoms with Gasteiger partial charge in [-0.25, -0.2) is 26.9 Å². The van der Waals surface area contributed by atoms with Gasteiger partial charge in [0, 0.05) is 28.8 Å². The van der Waals surface area contributed by atoms with E-state index < -0.39 is 46.4 Å². The van der Waals surface area contributed by atoms with Gasteiger partial charge < -0.3 is 15.8 Å². The average Bonchev–Trinajstić information content (AvgIpc) is 3.36. The van der Waals surface area contributed by atoms with Crippen molar-refractivity contribution in [2.75, 3.05) is 5.73 Å². The quantitative estimate of drug-likeness (QED) is 0.237. The summed E-state index contributed by atoms with van der Waals surface area (Å²) in [5.74, 6) is -5.18. The number of carbonyl (C=O) groups is 1. The normalized spacial score (nSPS) is 19.6. The van der Waals surface area contributed by atoms with Gasteiger partial charge in [-0.1, -0.05) is 18.9 Å². The number of halogens is 5. The molecule has 206 valence electrons. The van der Waals surface area contributed by atoms with E-state index in [9.17, 15) is 32.0 Å². The maximum Gasteiger partial charge on any atom is 0.306 e. The van der Waals surface area contributed by atoms with Crippen molar-refractivity contribution < 1.29 is 31.9 Å². The van der Waals surface area contributed by atoms with E-state index in [0.717, 1.165) is 30.5 Å². The molecule has 2 aromatic heterocycles. The Bertz CT molecular complexity index is 1670.